The van der Waals surface area contributed by atoms with E-state index >= 15 is 0 Å². The van der Waals surface area contributed by atoms with Crippen molar-refractivity contribution in [2.75, 3.05) is 6.61 Å². The summed E-state index contributed by atoms with van der Waals surface area (Å²) in [4.78, 5) is 26.0. The normalized spacial score (nSPS) is 28.5. The first-order valence-electron chi connectivity index (χ1n) is 7.71. The average molecular weight is 308 g/mol. The van der Waals surface area contributed by atoms with E-state index in [9.17, 15) is 9.59 Å². The van der Waals surface area contributed by atoms with E-state index in [-0.39, 0.29) is 23.7 Å². The minimum Gasteiger partial charge on any atom is -0.373 e. The molecule has 1 saturated heterocycles. The maximum Gasteiger partial charge on any atom is 0.330 e. The van der Waals surface area contributed by atoms with Crippen LogP contribution < -0.4 is 11.2 Å². The van der Waals surface area contributed by atoms with E-state index in [1.165, 1.54) is 4.57 Å². The van der Waals surface area contributed by atoms with Crippen LogP contribution in [0.3, 0.4) is 0 Å². The lowest BCUT2D eigenvalue weighted by Crippen LogP contribution is -2.38. The smallest absolute Gasteiger partial charge is 0.330 e. The largest absolute Gasteiger partial charge is 0.373 e. The van der Waals surface area contributed by atoms with Crippen LogP contribution in [-0.4, -0.2) is 28.4 Å². The molecule has 122 valence electrons. The molecule has 1 fully saturated rings. The molecule has 2 rings (SSSR count). The van der Waals surface area contributed by atoms with Crippen LogP contribution >= 0.6 is 0 Å². The highest BCUT2D eigenvalue weighted by molar-refractivity contribution is 5.04. The number of nitrogens with zero attached hydrogens (tertiary/aromatic N) is 1. The van der Waals surface area contributed by atoms with E-state index in [0.29, 0.717) is 12.2 Å². The van der Waals surface area contributed by atoms with E-state index < -0.39 is 11.9 Å². The summed E-state index contributed by atoms with van der Waals surface area (Å²) < 4.78 is 13.4. The fraction of sp³-hybridized carbons (Fsp3) is 0.625. The summed E-state index contributed by atoms with van der Waals surface area (Å²) in [5.41, 5.74) is -0.373. The van der Waals surface area contributed by atoms with Gasteiger partial charge in [-0.3, -0.25) is 14.3 Å². The standard InChI is InChI=1S/C16H24N2O4/c1-5-7-12-11(4)13(21-8-6-2)15(22-12)18-9-10(3)14(19)17-16(18)20/h5,7,9,11-13,15H,6,8H2,1-4H3,(H,17,19,20)/b7-5+/t11-,12-,13-,15-/m1/s1. The van der Waals surface area contributed by atoms with E-state index in [2.05, 4.69) is 11.9 Å². The van der Waals surface area contributed by atoms with Crippen molar-refractivity contribution in [1.29, 1.82) is 0 Å². The van der Waals surface area contributed by atoms with Crippen LogP contribution in [0.1, 0.15) is 39.0 Å². The van der Waals surface area contributed by atoms with Crippen LogP contribution in [0.4, 0.5) is 0 Å². The number of ether oxygens (including phenoxy) is 2. The number of rotatable bonds is 5. The number of H-pyrrole nitrogens is 1. The maximum absolute atomic E-state index is 12.1. The lowest BCUT2D eigenvalue weighted by molar-refractivity contribution is -0.0606. The highest BCUT2D eigenvalue weighted by atomic mass is 16.6. The fourth-order valence-corrected chi connectivity index (χ4v) is 2.71. The first-order valence-corrected chi connectivity index (χ1v) is 7.71. The Morgan fingerprint density at radius 3 is 2.82 bits per heavy atom. The molecule has 0 spiro atoms. The van der Waals surface area contributed by atoms with Crippen LogP contribution in [0.2, 0.25) is 0 Å². The zero-order valence-electron chi connectivity index (χ0n) is 13.5. The Morgan fingerprint density at radius 2 is 2.18 bits per heavy atom. The van der Waals surface area contributed by atoms with Crippen molar-refractivity contribution in [3.8, 4) is 0 Å². The molecule has 1 aromatic heterocycles. The molecule has 4 atom stereocenters. The predicted octanol–water partition coefficient (Wildman–Crippen LogP) is 1.75. The van der Waals surface area contributed by atoms with Crippen molar-refractivity contribution in [2.24, 2.45) is 5.92 Å². The number of hydrogen-bond donors (Lipinski definition) is 1. The second-order valence-electron chi connectivity index (χ2n) is 5.69. The van der Waals surface area contributed by atoms with E-state index in [1.807, 2.05) is 26.0 Å². The number of aromatic nitrogens is 2. The summed E-state index contributed by atoms with van der Waals surface area (Å²) in [6.07, 6.45) is 5.45. The molecule has 0 unspecified atom stereocenters. The number of aryl methyl sites for hydroxylation is 1. The van der Waals surface area contributed by atoms with Crippen molar-refractivity contribution in [3.63, 3.8) is 0 Å². The Hall–Kier alpha value is -1.66. The summed E-state index contributed by atoms with van der Waals surface area (Å²) in [5, 5.41) is 0. The van der Waals surface area contributed by atoms with E-state index in [4.69, 9.17) is 9.47 Å². The summed E-state index contributed by atoms with van der Waals surface area (Å²) in [5.74, 6) is 0.117. The number of hydrogen-bond acceptors (Lipinski definition) is 4. The Labute approximate surface area is 129 Å². The zero-order valence-corrected chi connectivity index (χ0v) is 13.5. The highest BCUT2D eigenvalue weighted by Crippen LogP contribution is 2.36. The molecule has 0 amide bonds. The van der Waals surface area contributed by atoms with E-state index in [0.717, 1.165) is 6.42 Å². The number of allylic oxidation sites excluding steroid dienone is 1. The first-order chi connectivity index (χ1) is 10.5. The molecule has 22 heavy (non-hydrogen) atoms. The molecule has 1 aromatic rings. The van der Waals surface area contributed by atoms with Crippen molar-refractivity contribution < 1.29 is 9.47 Å². The van der Waals surface area contributed by atoms with Gasteiger partial charge in [0.15, 0.2) is 6.23 Å². The quantitative estimate of drug-likeness (QED) is 0.841. The minimum absolute atomic E-state index is 0.115. The van der Waals surface area contributed by atoms with Gasteiger partial charge in [-0.15, -0.1) is 0 Å². The summed E-state index contributed by atoms with van der Waals surface area (Å²) in [6, 6.07) is 0. The molecular formula is C16H24N2O4. The van der Waals surface area contributed by atoms with Gasteiger partial charge >= 0.3 is 5.69 Å². The molecule has 0 radical (unpaired) electrons. The molecule has 6 nitrogen and oxygen atoms in total. The average Bonchev–Trinajstić information content (AvgIpc) is 2.78. The second kappa shape index (κ2) is 7.07. The van der Waals surface area contributed by atoms with Crippen LogP contribution in [0, 0.1) is 12.8 Å². The van der Waals surface area contributed by atoms with Crippen LogP contribution in [-0.2, 0) is 9.47 Å². The Bertz CT molecular complexity index is 646. The lowest BCUT2D eigenvalue weighted by atomic mass is 10.00. The number of aromatic amines is 1. The van der Waals surface area contributed by atoms with Gasteiger partial charge in [-0.1, -0.05) is 26.0 Å². The molecule has 6 heteroatoms. The third-order valence-corrected chi connectivity index (χ3v) is 3.93. The van der Waals surface area contributed by atoms with Crippen LogP contribution in [0.5, 0.6) is 0 Å². The van der Waals surface area contributed by atoms with Gasteiger partial charge in [0, 0.05) is 24.3 Å². The van der Waals surface area contributed by atoms with Crippen LogP contribution in [0.25, 0.3) is 0 Å². The molecule has 0 aromatic carbocycles. The summed E-state index contributed by atoms with van der Waals surface area (Å²) in [7, 11) is 0. The maximum atomic E-state index is 12.1. The number of nitrogens with one attached hydrogen (secondary N) is 1. The predicted molar refractivity (Wildman–Crippen MR) is 84.0 cm³/mol. The van der Waals surface area contributed by atoms with Crippen molar-refractivity contribution in [3.05, 3.63) is 44.8 Å². The zero-order chi connectivity index (χ0) is 16.3. The molecule has 1 N–H and O–H groups in total. The molecule has 1 aliphatic heterocycles. The topological polar surface area (TPSA) is 73.3 Å². The third-order valence-electron chi connectivity index (χ3n) is 3.93. The molecule has 2 heterocycles. The monoisotopic (exact) mass is 308 g/mol. The third kappa shape index (κ3) is 3.23. The van der Waals surface area contributed by atoms with Gasteiger partial charge in [0.1, 0.15) is 6.10 Å². The van der Waals surface area contributed by atoms with Crippen molar-refractivity contribution >= 4 is 0 Å². The Kier molecular flexibility index (Phi) is 5.37. The van der Waals surface area contributed by atoms with Crippen molar-refractivity contribution in [2.45, 2.75) is 52.6 Å². The van der Waals surface area contributed by atoms with E-state index in [1.54, 1.807) is 13.1 Å². The first kappa shape index (κ1) is 16.7. The van der Waals surface area contributed by atoms with Gasteiger partial charge in [-0.05, 0) is 20.3 Å². The second-order valence-corrected chi connectivity index (χ2v) is 5.69. The molecule has 0 saturated carbocycles. The molecular weight excluding hydrogens is 284 g/mol. The van der Waals surface area contributed by atoms with Crippen LogP contribution in [0.15, 0.2) is 27.9 Å². The van der Waals surface area contributed by atoms with Gasteiger partial charge in [0.05, 0.1) is 6.10 Å². The lowest BCUT2D eigenvalue weighted by Gasteiger charge is -2.23. The van der Waals surface area contributed by atoms with Crippen molar-refractivity contribution in [1.82, 2.24) is 9.55 Å². The summed E-state index contributed by atoms with van der Waals surface area (Å²) in [6.45, 7) is 8.29. The molecule has 0 bridgehead atoms. The van der Waals surface area contributed by atoms with Gasteiger partial charge in [0.2, 0.25) is 0 Å². The SMILES string of the molecule is C/C=C/[C@H]1O[C@@H](n2cc(C)c(=O)[nH]c2=O)[C@H](OCCC)[C@@H]1C. The summed E-state index contributed by atoms with van der Waals surface area (Å²) >= 11 is 0. The van der Waals surface area contributed by atoms with Gasteiger partial charge < -0.3 is 9.47 Å². The molecule has 1 aliphatic rings. The Morgan fingerprint density at radius 1 is 1.45 bits per heavy atom. The van der Waals surface area contributed by atoms with Gasteiger partial charge in [0.25, 0.3) is 5.56 Å². The Balaban J connectivity index is 2.39. The van der Waals surface area contributed by atoms with Gasteiger partial charge in [-0.2, -0.15) is 0 Å². The highest BCUT2D eigenvalue weighted by Gasteiger charge is 2.43. The fourth-order valence-electron chi connectivity index (χ4n) is 2.71. The molecule has 0 aliphatic carbocycles. The minimum atomic E-state index is -0.536. The van der Waals surface area contributed by atoms with Gasteiger partial charge in [-0.25, -0.2) is 4.79 Å².